The fourth-order valence-corrected chi connectivity index (χ4v) is 4.05. The molecule has 34 heavy (non-hydrogen) atoms. The maximum atomic E-state index is 14.6. The minimum Gasteiger partial charge on any atom is -0.494 e. The summed E-state index contributed by atoms with van der Waals surface area (Å²) in [5.74, 6) is -1.33. The van der Waals surface area contributed by atoms with Crippen molar-refractivity contribution in [1.82, 2.24) is 14.9 Å². The van der Waals surface area contributed by atoms with E-state index in [4.69, 9.17) is 16.3 Å². The topological polar surface area (TPSA) is 99.3 Å². The van der Waals surface area contributed by atoms with Crippen molar-refractivity contribution < 1.29 is 18.7 Å². The Labute approximate surface area is 201 Å². The van der Waals surface area contributed by atoms with Crippen molar-refractivity contribution in [3.8, 4) is 5.75 Å². The number of aromatic amines is 1. The number of aromatic nitrogens is 2. The van der Waals surface area contributed by atoms with Gasteiger partial charge in [-0.1, -0.05) is 11.6 Å². The van der Waals surface area contributed by atoms with Crippen LogP contribution in [0.2, 0.25) is 5.02 Å². The quantitative estimate of drug-likeness (QED) is 0.434. The molecule has 0 saturated carbocycles. The van der Waals surface area contributed by atoms with Gasteiger partial charge in [0.1, 0.15) is 11.5 Å². The second-order valence-corrected chi connectivity index (χ2v) is 8.59. The zero-order valence-electron chi connectivity index (χ0n) is 18.8. The standard InChI is InChI=1S/C24H25ClFN5O3/c1-31-9-7-15(8-10-31)29-20-6-3-16(13-28-20)30-24(33)18-11-14(12-27-18)23(32)21-17(25)4-5-19(34-2)22(21)26/h3-6,11-13,15,27H,7-10H2,1-2H3,(H,28,29)(H,30,33). The van der Waals surface area contributed by atoms with Crippen LogP contribution in [-0.2, 0) is 0 Å². The van der Waals surface area contributed by atoms with Crippen molar-refractivity contribution in [1.29, 1.82) is 0 Å². The van der Waals surface area contributed by atoms with Crippen LogP contribution in [0.4, 0.5) is 15.9 Å². The number of carbonyl (C=O) groups is 2. The maximum Gasteiger partial charge on any atom is 0.272 e. The molecule has 3 heterocycles. The predicted octanol–water partition coefficient (Wildman–Crippen LogP) is 4.20. The smallest absolute Gasteiger partial charge is 0.272 e. The highest BCUT2D eigenvalue weighted by atomic mass is 35.5. The first-order valence-electron chi connectivity index (χ1n) is 10.8. The lowest BCUT2D eigenvalue weighted by Crippen LogP contribution is -2.36. The molecule has 10 heteroatoms. The van der Waals surface area contributed by atoms with Crippen molar-refractivity contribution in [2.45, 2.75) is 18.9 Å². The molecule has 0 bridgehead atoms. The van der Waals surface area contributed by atoms with Crippen LogP contribution in [0.5, 0.6) is 5.75 Å². The van der Waals surface area contributed by atoms with E-state index in [1.54, 1.807) is 12.3 Å². The van der Waals surface area contributed by atoms with Crippen LogP contribution < -0.4 is 15.4 Å². The van der Waals surface area contributed by atoms with Gasteiger partial charge in [-0.3, -0.25) is 9.59 Å². The van der Waals surface area contributed by atoms with E-state index in [9.17, 15) is 14.0 Å². The zero-order chi connectivity index (χ0) is 24.2. The Morgan fingerprint density at radius 1 is 1.24 bits per heavy atom. The first-order valence-corrected chi connectivity index (χ1v) is 11.2. The first kappa shape index (κ1) is 23.7. The molecule has 3 N–H and O–H groups in total. The molecular weight excluding hydrogens is 461 g/mol. The average molecular weight is 486 g/mol. The number of ketones is 1. The summed E-state index contributed by atoms with van der Waals surface area (Å²) in [6.45, 7) is 2.09. The fraction of sp³-hybridized carbons (Fsp3) is 0.292. The lowest BCUT2D eigenvalue weighted by molar-refractivity contribution is 0.102. The Balaban J connectivity index is 1.40. The molecule has 1 fully saturated rings. The molecule has 0 radical (unpaired) electrons. The number of piperidine rings is 1. The Bertz CT molecular complexity index is 1190. The molecule has 1 saturated heterocycles. The van der Waals surface area contributed by atoms with Crippen molar-refractivity contribution in [3.63, 3.8) is 0 Å². The highest BCUT2D eigenvalue weighted by molar-refractivity contribution is 6.35. The van der Waals surface area contributed by atoms with Gasteiger partial charge in [-0.2, -0.15) is 0 Å². The third-order valence-corrected chi connectivity index (χ3v) is 6.10. The molecule has 178 valence electrons. The fourth-order valence-electron chi connectivity index (χ4n) is 3.81. The second-order valence-electron chi connectivity index (χ2n) is 8.18. The number of nitrogens with zero attached hydrogens (tertiary/aromatic N) is 2. The lowest BCUT2D eigenvalue weighted by atomic mass is 10.0. The molecule has 0 spiro atoms. The number of nitrogens with one attached hydrogen (secondary N) is 3. The average Bonchev–Trinajstić information content (AvgIpc) is 3.33. The Morgan fingerprint density at radius 2 is 2.00 bits per heavy atom. The van der Waals surface area contributed by atoms with Crippen molar-refractivity contribution in [2.24, 2.45) is 0 Å². The van der Waals surface area contributed by atoms with Gasteiger partial charge >= 0.3 is 0 Å². The largest absolute Gasteiger partial charge is 0.494 e. The monoisotopic (exact) mass is 485 g/mol. The summed E-state index contributed by atoms with van der Waals surface area (Å²) >= 11 is 6.04. The van der Waals surface area contributed by atoms with Gasteiger partial charge in [0.05, 0.1) is 29.6 Å². The molecule has 0 unspecified atom stereocenters. The van der Waals surface area contributed by atoms with Gasteiger partial charge in [0.25, 0.3) is 5.91 Å². The maximum absolute atomic E-state index is 14.6. The van der Waals surface area contributed by atoms with Crippen LogP contribution in [0, 0.1) is 5.82 Å². The molecule has 0 aliphatic carbocycles. The normalized spacial score (nSPS) is 14.6. The number of benzene rings is 1. The van der Waals surface area contributed by atoms with Crippen molar-refractivity contribution in [3.05, 3.63) is 70.4 Å². The van der Waals surface area contributed by atoms with E-state index in [2.05, 4.69) is 32.5 Å². The summed E-state index contributed by atoms with van der Waals surface area (Å²) in [6.07, 6.45) is 5.00. The number of amides is 1. The number of likely N-dealkylation sites (tertiary alicyclic amines) is 1. The number of pyridine rings is 1. The number of rotatable bonds is 7. The van der Waals surface area contributed by atoms with Crippen molar-refractivity contribution >= 4 is 34.8 Å². The van der Waals surface area contributed by atoms with Gasteiger partial charge in [-0.25, -0.2) is 9.37 Å². The molecule has 1 aromatic carbocycles. The third kappa shape index (κ3) is 5.21. The SMILES string of the molecule is COc1ccc(Cl)c(C(=O)c2c[nH]c(C(=O)Nc3ccc(NC4CCN(C)CC4)nc3)c2)c1F. The van der Waals surface area contributed by atoms with E-state index < -0.39 is 17.5 Å². The van der Waals surface area contributed by atoms with Crippen LogP contribution in [0.1, 0.15) is 39.3 Å². The zero-order valence-corrected chi connectivity index (χ0v) is 19.6. The lowest BCUT2D eigenvalue weighted by Gasteiger charge is -2.29. The summed E-state index contributed by atoms with van der Waals surface area (Å²) in [6, 6.07) is 8.01. The van der Waals surface area contributed by atoms with Gasteiger partial charge in [0.2, 0.25) is 0 Å². The van der Waals surface area contributed by atoms with Gasteiger partial charge in [0.15, 0.2) is 17.3 Å². The van der Waals surface area contributed by atoms with Crippen molar-refractivity contribution in [2.75, 3.05) is 37.9 Å². The van der Waals surface area contributed by atoms with E-state index in [1.165, 1.54) is 31.5 Å². The van der Waals surface area contributed by atoms with Gasteiger partial charge in [0, 0.05) is 17.8 Å². The Morgan fingerprint density at radius 3 is 2.68 bits per heavy atom. The molecule has 2 aromatic heterocycles. The van der Waals surface area contributed by atoms with E-state index in [1.807, 2.05) is 6.07 Å². The summed E-state index contributed by atoms with van der Waals surface area (Å²) in [5, 5.41) is 6.10. The van der Waals surface area contributed by atoms with Crippen LogP contribution in [-0.4, -0.2) is 59.8 Å². The molecule has 1 aliphatic rings. The molecule has 1 amide bonds. The molecule has 0 atom stereocenters. The number of anilines is 2. The molecule has 1 aliphatic heterocycles. The second kappa shape index (κ2) is 10.2. The Kier molecular flexibility index (Phi) is 7.14. The minimum atomic E-state index is -0.854. The van der Waals surface area contributed by atoms with Crippen LogP contribution >= 0.6 is 11.6 Å². The summed E-state index contributed by atoms with van der Waals surface area (Å²) < 4.78 is 19.5. The number of hydrogen-bond donors (Lipinski definition) is 3. The third-order valence-electron chi connectivity index (χ3n) is 5.78. The van der Waals surface area contributed by atoms with E-state index >= 15 is 0 Å². The summed E-state index contributed by atoms with van der Waals surface area (Å²) in [5.41, 5.74) is 0.415. The molecule has 3 aromatic rings. The van der Waals surface area contributed by atoms with Crippen LogP contribution in [0.25, 0.3) is 0 Å². The van der Waals surface area contributed by atoms with E-state index in [0.29, 0.717) is 11.7 Å². The minimum absolute atomic E-state index is 0.0458. The number of methoxy groups -OCH3 is 1. The Hall–Kier alpha value is -3.43. The predicted molar refractivity (Wildman–Crippen MR) is 129 cm³/mol. The van der Waals surface area contributed by atoms with Crippen LogP contribution in [0.15, 0.2) is 42.7 Å². The first-order chi connectivity index (χ1) is 16.4. The molecular formula is C24H25ClFN5O3. The highest BCUT2D eigenvalue weighted by Crippen LogP contribution is 2.29. The van der Waals surface area contributed by atoms with Crippen LogP contribution in [0.3, 0.4) is 0 Å². The number of H-pyrrole nitrogens is 1. The highest BCUT2D eigenvalue weighted by Gasteiger charge is 2.23. The molecule has 4 rings (SSSR count). The number of hydrogen-bond acceptors (Lipinski definition) is 6. The van der Waals surface area contributed by atoms with Gasteiger partial charge in [-0.05, 0) is 63.3 Å². The molecule has 8 nitrogen and oxygen atoms in total. The number of carbonyl (C=O) groups excluding carboxylic acids is 2. The van der Waals surface area contributed by atoms with E-state index in [-0.39, 0.29) is 27.6 Å². The number of ether oxygens (including phenoxy) is 1. The van der Waals surface area contributed by atoms with Gasteiger partial charge in [-0.15, -0.1) is 0 Å². The number of halogens is 2. The summed E-state index contributed by atoms with van der Waals surface area (Å²) in [4.78, 5) is 34.9. The van der Waals surface area contributed by atoms with E-state index in [0.717, 1.165) is 31.7 Å². The summed E-state index contributed by atoms with van der Waals surface area (Å²) in [7, 11) is 3.41. The van der Waals surface area contributed by atoms with Gasteiger partial charge < -0.3 is 25.3 Å².